The number of aromatic nitrogens is 2. The van der Waals surface area contributed by atoms with Gasteiger partial charge in [-0.2, -0.15) is 5.10 Å². The molecule has 1 aromatic heterocycles. The molecule has 1 aromatic carbocycles. The first-order valence-corrected chi connectivity index (χ1v) is 6.91. The zero-order valence-corrected chi connectivity index (χ0v) is 12.8. The van der Waals surface area contributed by atoms with Crippen LogP contribution < -0.4 is 5.32 Å². The lowest BCUT2D eigenvalue weighted by atomic mass is 10.1. The van der Waals surface area contributed by atoms with Gasteiger partial charge in [0.15, 0.2) is 0 Å². The zero-order valence-electron chi connectivity index (χ0n) is 11.2. The van der Waals surface area contributed by atoms with Gasteiger partial charge in [0.2, 0.25) is 0 Å². The molecule has 4 nitrogen and oxygen atoms in total. The lowest BCUT2D eigenvalue weighted by Crippen LogP contribution is -2.18. The molecule has 0 radical (unpaired) electrons. The van der Waals surface area contributed by atoms with E-state index in [1.165, 1.54) is 0 Å². The van der Waals surface area contributed by atoms with Gasteiger partial charge in [-0.1, -0.05) is 6.07 Å². The first kappa shape index (κ1) is 13.8. The second-order valence-electron chi connectivity index (χ2n) is 4.49. The van der Waals surface area contributed by atoms with E-state index in [9.17, 15) is 4.79 Å². The van der Waals surface area contributed by atoms with Crippen molar-refractivity contribution in [2.24, 2.45) is 0 Å². The fourth-order valence-electron chi connectivity index (χ4n) is 2.07. The summed E-state index contributed by atoms with van der Waals surface area (Å²) < 4.78 is 2.37. The highest BCUT2D eigenvalue weighted by Crippen LogP contribution is 2.19. The predicted molar refractivity (Wildman–Crippen MR) is 79.5 cm³/mol. The molecule has 5 heteroatoms. The highest BCUT2D eigenvalue weighted by molar-refractivity contribution is 9.10. The molecule has 0 aliphatic rings. The van der Waals surface area contributed by atoms with Crippen molar-refractivity contribution >= 4 is 27.5 Å². The van der Waals surface area contributed by atoms with Crippen molar-refractivity contribution in [2.75, 3.05) is 5.32 Å². The molecule has 2 aromatic rings. The molecule has 0 aliphatic carbocycles. The number of anilines is 1. The van der Waals surface area contributed by atoms with Gasteiger partial charge in [0, 0.05) is 12.2 Å². The van der Waals surface area contributed by atoms with Gasteiger partial charge in [0.25, 0.3) is 5.91 Å². The topological polar surface area (TPSA) is 46.9 Å². The molecule has 1 N–H and O–H groups in total. The maximum atomic E-state index is 12.3. The minimum Gasteiger partial charge on any atom is -0.321 e. The van der Waals surface area contributed by atoms with Crippen LogP contribution in [0.3, 0.4) is 0 Å². The highest BCUT2D eigenvalue weighted by Gasteiger charge is 2.16. The normalized spacial score (nSPS) is 10.5. The summed E-state index contributed by atoms with van der Waals surface area (Å²) in [5.41, 5.74) is 3.59. The Balaban J connectivity index is 2.28. The number of halogens is 1. The van der Waals surface area contributed by atoms with E-state index in [1.54, 1.807) is 10.9 Å². The average molecular weight is 322 g/mol. The molecule has 1 amide bonds. The van der Waals surface area contributed by atoms with Gasteiger partial charge in [0.05, 0.1) is 10.7 Å². The molecule has 0 saturated carbocycles. The Hall–Kier alpha value is -1.62. The van der Waals surface area contributed by atoms with E-state index in [1.807, 2.05) is 32.9 Å². The Morgan fingerprint density at radius 1 is 1.32 bits per heavy atom. The molecule has 0 atom stereocenters. The van der Waals surface area contributed by atoms with Gasteiger partial charge in [-0.05, 0) is 60.0 Å². The van der Waals surface area contributed by atoms with Crippen LogP contribution in [0.25, 0.3) is 0 Å². The first-order valence-electron chi connectivity index (χ1n) is 6.12. The largest absolute Gasteiger partial charge is 0.321 e. The molecule has 0 fully saturated rings. The number of benzene rings is 1. The Bertz CT molecular complexity index is 599. The highest BCUT2D eigenvalue weighted by atomic mass is 79.9. The number of hydrogen-bond donors (Lipinski definition) is 1. The van der Waals surface area contributed by atoms with Crippen molar-refractivity contribution in [3.8, 4) is 0 Å². The first-order chi connectivity index (χ1) is 9.01. The summed E-state index contributed by atoms with van der Waals surface area (Å²) >= 11 is 3.36. The van der Waals surface area contributed by atoms with Gasteiger partial charge >= 0.3 is 0 Å². The van der Waals surface area contributed by atoms with Crippen LogP contribution in [-0.2, 0) is 6.54 Å². The molecule has 0 unspecified atom stereocenters. The summed E-state index contributed by atoms with van der Waals surface area (Å²) in [5, 5.41) is 7.05. The van der Waals surface area contributed by atoms with E-state index >= 15 is 0 Å². The minimum absolute atomic E-state index is 0.156. The number of rotatable bonds is 3. The summed E-state index contributed by atoms with van der Waals surface area (Å²) in [5.74, 6) is -0.156. The Labute approximate surface area is 120 Å². The SMILES string of the molecule is CCn1ncc(Br)c1C(=O)Nc1cc(C)cc(C)c1. The van der Waals surface area contributed by atoms with Crippen molar-refractivity contribution in [1.82, 2.24) is 9.78 Å². The van der Waals surface area contributed by atoms with Crippen LogP contribution >= 0.6 is 15.9 Å². The maximum absolute atomic E-state index is 12.3. The van der Waals surface area contributed by atoms with Gasteiger partial charge < -0.3 is 5.32 Å². The Kier molecular flexibility index (Phi) is 4.04. The molecule has 0 saturated heterocycles. The van der Waals surface area contributed by atoms with Gasteiger partial charge in [0.1, 0.15) is 5.69 Å². The molecule has 0 spiro atoms. The van der Waals surface area contributed by atoms with Crippen LogP contribution in [0.1, 0.15) is 28.5 Å². The molecular formula is C14H16BrN3O. The van der Waals surface area contributed by atoms with Crippen LogP contribution in [0.5, 0.6) is 0 Å². The summed E-state index contributed by atoms with van der Waals surface area (Å²) in [6.07, 6.45) is 1.64. The second kappa shape index (κ2) is 5.57. The second-order valence-corrected chi connectivity index (χ2v) is 5.34. The van der Waals surface area contributed by atoms with Gasteiger partial charge in [-0.15, -0.1) is 0 Å². The monoisotopic (exact) mass is 321 g/mol. The van der Waals surface area contributed by atoms with E-state index in [4.69, 9.17) is 0 Å². The van der Waals surface area contributed by atoms with E-state index in [-0.39, 0.29) is 5.91 Å². The predicted octanol–water partition coefficient (Wildman–Crippen LogP) is 3.53. The number of aryl methyl sites for hydroxylation is 3. The third-order valence-corrected chi connectivity index (χ3v) is 3.37. The van der Waals surface area contributed by atoms with Crippen LogP contribution in [0.15, 0.2) is 28.9 Å². The Morgan fingerprint density at radius 3 is 2.53 bits per heavy atom. The van der Waals surface area contributed by atoms with Crippen LogP contribution in [0.2, 0.25) is 0 Å². The van der Waals surface area contributed by atoms with E-state index in [0.29, 0.717) is 16.7 Å². The summed E-state index contributed by atoms with van der Waals surface area (Å²) in [7, 11) is 0. The van der Waals surface area contributed by atoms with Crippen molar-refractivity contribution in [3.05, 3.63) is 45.7 Å². The fourth-order valence-corrected chi connectivity index (χ4v) is 2.54. The van der Waals surface area contributed by atoms with Gasteiger partial charge in [-0.25, -0.2) is 0 Å². The smallest absolute Gasteiger partial charge is 0.275 e. The van der Waals surface area contributed by atoms with Crippen molar-refractivity contribution in [2.45, 2.75) is 27.3 Å². The number of nitrogens with one attached hydrogen (secondary N) is 1. The Morgan fingerprint density at radius 2 is 1.95 bits per heavy atom. The molecule has 0 bridgehead atoms. The van der Waals surface area contributed by atoms with Gasteiger partial charge in [-0.3, -0.25) is 9.48 Å². The molecule has 19 heavy (non-hydrogen) atoms. The maximum Gasteiger partial charge on any atom is 0.275 e. The number of carbonyl (C=O) groups excluding carboxylic acids is 1. The molecule has 0 aliphatic heterocycles. The lowest BCUT2D eigenvalue weighted by Gasteiger charge is -2.09. The standard InChI is InChI=1S/C14H16BrN3O/c1-4-18-13(12(15)8-16-18)14(19)17-11-6-9(2)5-10(3)7-11/h5-8H,4H2,1-3H3,(H,17,19). The minimum atomic E-state index is -0.156. The quantitative estimate of drug-likeness (QED) is 0.939. The summed E-state index contributed by atoms with van der Waals surface area (Å²) in [6.45, 7) is 6.62. The fraction of sp³-hybridized carbons (Fsp3) is 0.286. The van der Waals surface area contributed by atoms with Crippen LogP contribution in [0.4, 0.5) is 5.69 Å². The summed E-state index contributed by atoms with van der Waals surface area (Å²) in [6, 6.07) is 5.97. The molecule has 2 rings (SSSR count). The third kappa shape index (κ3) is 3.04. The zero-order chi connectivity index (χ0) is 14.0. The van der Waals surface area contributed by atoms with Crippen molar-refractivity contribution in [3.63, 3.8) is 0 Å². The van der Waals surface area contributed by atoms with E-state index in [0.717, 1.165) is 16.8 Å². The van der Waals surface area contributed by atoms with Crippen LogP contribution in [0, 0.1) is 13.8 Å². The number of carbonyl (C=O) groups is 1. The number of hydrogen-bond acceptors (Lipinski definition) is 2. The lowest BCUT2D eigenvalue weighted by molar-refractivity contribution is 0.101. The van der Waals surface area contributed by atoms with Crippen molar-refractivity contribution < 1.29 is 4.79 Å². The average Bonchev–Trinajstić information content (AvgIpc) is 2.68. The number of nitrogens with zero attached hydrogens (tertiary/aromatic N) is 2. The summed E-state index contributed by atoms with van der Waals surface area (Å²) in [4.78, 5) is 12.3. The van der Waals surface area contributed by atoms with E-state index in [2.05, 4.69) is 32.4 Å². The third-order valence-electron chi connectivity index (χ3n) is 2.79. The molecule has 1 heterocycles. The number of amides is 1. The van der Waals surface area contributed by atoms with E-state index < -0.39 is 0 Å². The van der Waals surface area contributed by atoms with Crippen molar-refractivity contribution in [1.29, 1.82) is 0 Å². The molecular weight excluding hydrogens is 306 g/mol. The van der Waals surface area contributed by atoms with Crippen LogP contribution in [-0.4, -0.2) is 15.7 Å². The molecule has 100 valence electrons.